The molecular formula is C17H13NO6S. The number of carbonyl (C=O) groups excluding carboxylic acids is 2. The second-order valence-corrected chi connectivity index (χ2v) is 6.22. The SMILES string of the molecule is O=C=CCOc1cccc(NS(=O)(=O)c2ccccc2OC=C=O)c1. The molecule has 0 fully saturated rings. The first-order valence-electron chi connectivity index (χ1n) is 6.97. The minimum atomic E-state index is -3.97. The maximum absolute atomic E-state index is 12.6. The Morgan fingerprint density at radius 1 is 1.04 bits per heavy atom. The van der Waals surface area contributed by atoms with Gasteiger partial charge in [-0.05, 0) is 24.3 Å². The van der Waals surface area contributed by atoms with Crippen molar-refractivity contribution in [2.24, 2.45) is 0 Å². The van der Waals surface area contributed by atoms with Gasteiger partial charge in [0.15, 0.2) is 12.2 Å². The van der Waals surface area contributed by atoms with Crippen LogP contribution >= 0.6 is 0 Å². The van der Waals surface area contributed by atoms with Gasteiger partial charge < -0.3 is 9.47 Å². The van der Waals surface area contributed by atoms with Crippen LogP contribution < -0.4 is 14.2 Å². The lowest BCUT2D eigenvalue weighted by Crippen LogP contribution is -2.14. The highest BCUT2D eigenvalue weighted by molar-refractivity contribution is 7.92. The van der Waals surface area contributed by atoms with Crippen molar-refractivity contribution in [1.29, 1.82) is 0 Å². The standard InChI is InChI=1S/C17H13NO6S/c19-9-4-11-23-15-6-3-5-14(13-15)18-25(21,22)17-8-2-1-7-16(17)24-12-10-20/h1-8,12-13,18H,11H2. The molecule has 0 radical (unpaired) electrons. The van der Waals surface area contributed by atoms with Gasteiger partial charge in [0.1, 0.15) is 28.9 Å². The molecule has 7 nitrogen and oxygen atoms in total. The Bertz CT molecular complexity index is 941. The number of para-hydroxylation sites is 1. The van der Waals surface area contributed by atoms with Crippen LogP contribution in [0.3, 0.4) is 0 Å². The number of benzene rings is 2. The molecule has 0 amide bonds. The fourth-order valence-corrected chi connectivity index (χ4v) is 3.07. The zero-order valence-corrected chi connectivity index (χ0v) is 13.7. The second-order valence-electron chi connectivity index (χ2n) is 4.57. The minimum Gasteiger partial charge on any atom is -0.489 e. The van der Waals surface area contributed by atoms with E-state index >= 15 is 0 Å². The lowest BCUT2D eigenvalue weighted by molar-refractivity contribution is 0.363. The van der Waals surface area contributed by atoms with E-state index in [1.54, 1.807) is 24.1 Å². The summed E-state index contributed by atoms with van der Waals surface area (Å²) in [5.74, 6) is 3.36. The average molecular weight is 359 g/mol. The number of hydrogen-bond acceptors (Lipinski definition) is 6. The van der Waals surface area contributed by atoms with Crippen LogP contribution in [0.5, 0.6) is 11.5 Å². The summed E-state index contributed by atoms with van der Waals surface area (Å²) in [4.78, 5) is 20.2. The summed E-state index contributed by atoms with van der Waals surface area (Å²) in [6.45, 7) is 0.0222. The van der Waals surface area contributed by atoms with Crippen molar-refractivity contribution < 1.29 is 27.5 Å². The van der Waals surface area contributed by atoms with Gasteiger partial charge in [-0.2, -0.15) is 0 Å². The lowest BCUT2D eigenvalue weighted by Gasteiger charge is -2.12. The summed E-state index contributed by atoms with van der Waals surface area (Å²) >= 11 is 0. The Kier molecular flexibility index (Phi) is 6.14. The molecular weight excluding hydrogens is 346 g/mol. The van der Waals surface area contributed by atoms with Crippen LogP contribution in [0.1, 0.15) is 0 Å². The fourth-order valence-electron chi connectivity index (χ4n) is 1.89. The summed E-state index contributed by atoms with van der Waals surface area (Å²) in [6.07, 6.45) is 1.88. The van der Waals surface area contributed by atoms with Crippen LogP contribution in [0.15, 0.2) is 65.8 Å². The van der Waals surface area contributed by atoms with Gasteiger partial charge in [-0.25, -0.2) is 18.0 Å². The number of sulfonamides is 1. The van der Waals surface area contributed by atoms with Gasteiger partial charge in [0, 0.05) is 12.1 Å². The molecule has 2 aromatic rings. The molecule has 128 valence electrons. The first kappa shape index (κ1) is 18.0. The van der Waals surface area contributed by atoms with Crippen molar-refractivity contribution in [2.45, 2.75) is 4.90 Å². The molecule has 0 saturated heterocycles. The van der Waals surface area contributed by atoms with E-state index in [1.165, 1.54) is 36.3 Å². The van der Waals surface area contributed by atoms with Gasteiger partial charge in [0.2, 0.25) is 0 Å². The average Bonchev–Trinajstić information content (AvgIpc) is 2.60. The number of hydrogen-bond donors (Lipinski definition) is 1. The normalized spacial score (nSPS) is 10.1. The molecule has 0 aliphatic carbocycles. The first-order chi connectivity index (χ1) is 12.1. The van der Waals surface area contributed by atoms with Crippen molar-refractivity contribution >= 4 is 27.6 Å². The maximum Gasteiger partial charge on any atom is 0.265 e. The molecule has 0 saturated carbocycles. The minimum absolute atomic E-state index is 0.0122. The van der Waals surface area contributed by atoms with Crippen LogP contribution in [0, 0.1) is 0 Å². The van der Waals surface area contributed by atoms with E-state index in [0.717, 1.165) is 12.3 Å². The largest absolute Gasteiger partial charge is 0.489 e. The third-order valence-corrected chi connectivity index (χ3v) is 4.30. The predicted molar refractivity (Wildman–Crippen MR) is 90.3 cm³/mol. The van der Waals surface area contributed by atoms with Crippen LogP contribution in [0.4, 0.5) is 5.69 Å². The quantitative estimate of drug-likeness (QED) is 0.572. The van der Waals surface area contributed by atoms with E-state index in [-0.39, 0.29) is 22.9 Å². The Hall–Kier alpha value is -3.31. The van der Waals surface area contributed by atoms with Gasteiger partial charge >= 0.3 is 0 Å². The molecule has 2 aromatic carbocycles. The molecule has 2 rings (SSSR count). The molecule has 0 spiro atoms. The third-order valence-electron chi connectivity index (χ3n) is 2.88. The van der Waals surface area contributed by atoms with Gasteiger partial charge in [-0.3, -0.25) is 4.72 Å². The second kappa shape index (κ2) is 8.52. The van der Waals surface area contributed by atoms with Gasteiger partial charge in [-0.1, -0.05) is 18.2 Å². The first-order valence-corrected chi connectivity index (χ1v) is 8.45. The van der Waals surface area contributed by atoms with Crippen molar-refractivity contribution in [2.75, 3.05) is 11.3 Å². The van der Waals surface area contributed by atoms with E-state index in [0.29, 0.717) is 5.75 Å². The summed E-state index contributed by atoms with van der Waals surface area (Å²) in [7, 11) is -3.97. The van der Waals surface area contributed by atoms with Crippen molar-refractivity contribution in [3.8, 4) is 11.5 Å². The highest BCUT2D eigenvalue weighted by Crippen LogP contribution is 2.27. The summed E-state index contributed by atoms with van der Waals surface area (Å²) in [6, 6.07) is 12.1. The third kappa shape index (κ3) is 5.09. The molecule has 0 aliphatic rings. The predicted octanol–water partition coefficient (Wildman–Crippen LogP) is 1.98. The Morgan fingerprint density at radius 2 is 1.84 bits per heavy atom. The zero-order valence-electron chi connectivity index (χ0n) is 12.8. The number of ether oxygens (including phenoxy) is 2. The van der Waals surface area contributed by atoms with Crippen LogP contribution in [-0.4, -0.2) is 26.9 Å². The molecule has 25 heavy (non-hydrogen) atoms. The molecule has 0 unspecified atom stereocenters. The Morgan fingerprint density at radius 3 is 2.60 bits per heavy atom. The molecule has 0 heterocycles. The van der Waals surface area contributed by atoms with Gasteiger partial charge in [0.05, 0.1) is 5.69 Å². The van der Waals surface area contributed by atoms with E-state index in [2.05, 4.69) is 4.72 Å². The van der Waals surface area contributed by atoms with Crippen LogP contribution in [-0.2, 0) is 19.6 Å². The number of nitrogens with one attached hydrogen (secondary N) is 1. The monoisotopic (exact) mass is 359 g/mol. The molecule has 0 aliphatic heterocycles. The molecule has 8 heteroatoms. The summed E-state index contributed by atoms with van der Waals surface area (Å²) < 4.78 is 37.7. The van der Waals surface area contributed by atoms with E-state index < -0.39 is 10.0 Å². The van der Waals surface area contributed by atoms with Crippen molar-refractivity contribution in [3.05, 3.63) is 60.9 Å². The van der Waals surface area contributed by atoms with Crippen molar-refractivity contribution in [3.63, 3.8) is 0 Å². The van der Waals surface area contributed by atoms with Gasteiger partial charge in [0.25, 0.3) is 10.0 Å². The number of anilines is 1. The highest BCUT2D eigenvalue weighted by Gasteiger charge is 2.19. The van der Waals surface area contributed by atoms with Crippen LogP contribution in [0.2, 0.25) is 0 Å². The Balaban J connectivity index is 2.26. The maximum atomic E-state index is 12.6. The molecule has 1 N–H and O–H groups in total. The smallest absolute Gasteiger partial charge is 0.265 e. The summed E-state index contributed by atoms with van der Waals surface area (Å²) in [5.41, 5.74) is 0.258. The molecule has 0 aromatic heterocycles. The lowest BCUT2D eigenvalue weighted by atomic mass is 10.3. The topological polar surface area (TPSA) is 98.8 Å². The van der Waals surface area contributed by atoms with E-state index in [4.69, 9.17) is 9.47 Å². The van der Waals surface area contributed by atoms with Gasteiger partial charge in [-0.15, -0.1) is 0 Å². The highest BCUT2D eigenvalue weighted by atomic mass is 32.2. The van der Waals surface area contributed by atoms with Crippen molar-refractivity contribution in [1.82, 2.24) is 0 Å². The van der Waals surface area contributed by atoms with E-state index in [9.17, 15) is 18.0 Å². The van der Waals surface area contributed by atoms with E-state index in [1.807, 2.05) is 0 Å². The Labute approximate surface area is 144 Å². The zero-order chi connectivity index (χ0) is 18.1. The summed E-state index contributed by atoms with van der Waals surface area (Å²) in [5, 5.41) is 0. The molecule has 0 bridgehead atoms. The molecule has 0 atom stereocenters. The number of rotatable bonds is 8. The fraction of sp³-hybridized carbons (Fsp3) is 0.0588. The van der Waals surface area contributed by atoms with Crippen LogP contribution in [0.25, 0.3) is 0 Å².